The summed E-state index contributed by atoms with van der Waals surface area (Å²) in [7, 11) is 0. The average Bonchev–Trinajstić information content (AvgIpc) is 3.47. The minimum Gasteiger partial charge on any atom is -0.353 e. The molecule has 1 aromatic rings. The van der Waals surface area contributed by atoms with Crippen LogP contribution in [0.2, 0.25) is 0 Å². The molecule has 2 fully saturated rings. The highest BCUT2D eigenvalue weighted by Gasteiger charge is 2.36. The van der Waals surface area contributed by atoms with Crippen LogP contribution in [0.25, 0.3) is 0 Å². The topological polar surface area (TPSA) is 86.8 Å². The van der Waals surface area contributed by atoms with Gasteiger partial charge in [-0.2, -0.15) is 0 Å². The van der Waals surface area contributed by atoms with Gasteiger partial charge in [0.25, 0.3) is 11.8 Å². The Morgan fingerprint density at radius 1 is 1.04 bits per heavy atom. The molecule has 7 nitrogen and oxygen atoms in total. The first-order chi connectivity index (χ1) is 13.0. The SMILES string of the molecule is O=C(NC1CC1)C1CCCN(C(=O)CCN2C(=O)c3ccccc3C2=O)C1. The molecule has 0 bridgehead atoms. The van der Waals surface area contributed by atoms with E-state index in [1.165, 1.54) is 0 Å². The first-order valence-corrected chi connectivity index (χ1v) is 9.58. The quantitative estimate of drug-likeness (QED) is 0.790. The molecule has 1 aliphatic carbocycles. The van der Waals surface area contributed by atoms with Crippen LogP contribution in [0.3, 0.4) is 0 Å². The highest BCUT2D eigenvalue weighted by atomic mass is 16.2. The number of piperidine rings is 1. The van der Waals surface area contributed by atoms with Gasteiger partial charge in [-0.15, -0.1) is 0 Å². The van der Waals surface area contributed by atoms with Crippen LogP contribution in [0, 0.1) is 5.92 Å². The Balaban J connectivity index is 1.32. The largest absolute Gasteiger partial charge is 0.353 e. The lowest BCUT2D eigenvalue weighted by Gasteiger charge is -2.32. The van der Waals surface area contributed by atoms with E-state index in [4.69, 9.17) is 0 Å². The van der Waals surface area contributed by atoms with Crippen molar-refractivity contribution < 1.29 is 19.2 Å². The van der Waals surface area contributed by atoms with E-state index in [-0.39, 0.29) is 42.5 Å². The lowest BCUT2D eigenvalue weighted by Crippen LogP contribution is -2.46. The Bertz CT molecular complexity index is 767. The summed E-state index contributed by atoms with van der Waals surface area (Å²) in [6, 6.07) is 7.02. The van der Waals surface area contributed by atoms with Crippen LogP contribution >= 0.6 is 0 Å². The molecule has 1 aromatic carbocycles. The second kappa shape index (κ2) is 7.13. The maximum absolute atomic E-state index is 12.6. The number of hydrogen-bond donors (Lipinski definition) is 1. The molecule has 1 N–H and O–H groups in total. The van der Waals surface area contributed by atoms with E-state index in [1.54, 1.807) is 29.2 Å². The summed E-state index contributed by atoms with van der Waals surface area (Å²) in [6.45, 7) is 1.11. The van der Waals surface area contributed by atoms with E-state index < -0.39 is 0 Å². The maximum atomic E-state index is 12.6. The minimum atomic E-state index is -0.344. The number of nitrogens with one attached hydrogen (secondary N) is 1. The van der Waals surface area contributed by atoms with Gasteiger partial charge in [0.15, 0.2) is 0 Å². The molecule has 2 aliphatic heterocycles. The monoisotopic (exact) mass is 369 g/mol. The predicted octanol–water partition coefficient (Wildman–Crippen LogP) is 1.19. The van der Waals surface area contributed by atoms with Crippen LogP contribution in [0.4, 0.5) is 0 Å². The Kier molecular flexibility index (Phi) is 4.68. The van der Waals surface area contributed by atoms with Gasteiger partial charge in [0.05, 0.1) is 17.0 Å². The molecule has 7 heteroatoms. The fourth-order valence-electron chi connectivity index (χ4n) is 3.77. The van der Waals surface area contributed by atoms with Crippen molar-refractivity contribution >= 4 is 23.6 Å². The molecule has 3 aliphatic rings. The standard InChI is InChI=1S/C20H23N3O4/c24-17(22-10-3-4-13(12-22)18(25)21-14-7-8-14)9-11-23-19(26)15-5-1-2-6-16(15)20(23)27/h1-2,5-6,13-14H,3-4,7-12H2,(H,21,25). The Hall–Kier alpha value is -2.70. The van der Waals surface area contributed by atoms with Crippen LogP contribution < -0.4 is 5.32 Å². The number of amides is 4. The number of hydrogen-bond acceptors (Lipinski definition) is 4. The van der Waals surface area contributed by atoms with Crippen LogP contribution in [0.1, 0.15) is 52.8 Å². The van der Waals surface area contributed by atoms with Crippen molar-refractivity contribution in [3.05, 3.63) is 35.4 Å². The zero-order valence-corrected chi connectivity index (χ0v) is 15.1. The number of imide groups is 1. The van der Waals surface area contributed by atoms with Gasteiger partial charge in [0, 0.05) is 32.1 Å². The van der Waals surface area contributed by atoms with E-state index in [1.807, 2.05) is 0 Å². The molecule has 1 saturated carbocycles. The summed E-state index contributed by atoms with van der Waals surface area (Å²) >= 11 is 0. The molecular formula is C20H23N3O4. The maximum Gasteiger partial charge on any atom is 0.261 e. The van der Waals surface area contributed by atoms with Gasteiger partial charge < -0.3 is 10.2 Å². The molecule has 4 amide bonds. The Morgan fingerprint density at radius 3 is 2.33 bits per heavy atom. The second-order valence-corrected chi connectivity index (χ2v) is 7.52. The van der Waals surface area contributed by atoms with Crippen molar-refractivity contribution in [3.63, 3.8) is 0 Å². The van der Waals surface area contributed by atoms with E-state index >= 15 is 0 Å². The summed E-state index contributed by atoms with van der Waals surface area (Å²) in [5.41, 5.74) is 0.787. The molecular weight excluding hydrogens is 346 g/mol. The summed E-state index contributed by atoms with van der Waals surface area (Å²) < 4.78 is 0. The highest BCUT2D eigenvalue weighted by molar-refractivity contribution is 6.21. The molecule has 142 valence electrons. The fraction of sp³-hybridized carbons (Fsp3) is 0.500. The Labute approximate surface area is 157 Å². The van der Waals surface area contributed by atoms with E-state index in [2.05, 4.69) is 5.32 Å². The predicted molar refractivity (Wildman–Crippen MR) is 96.9 cm³/mol. The zero-order valence-electron chi connectivity index (χ0n) is 15.1. The van der Waals surface area contributed by atoms with Gasteiger partial charge in [-0.1, -0.05) is 12.1 Å². The highest BCUT2D eigenvalue weighted by Crippen LogP contribution is 2.24. The number of carbonyl (C=O) groups excluding carboxylic acids is 4. The summed E-state index contributed by atoms with van der Waals surface area (Å²) in [6.07, 6.45) is 3.76. The molecule has 1 unspecified atom stereocenters. The average molecular weight is 369 g/mol. The number of nitrogens with zero attached hydrogens (tertiary/aromatic N) is 2. The molecule has 0 aromatic heterocycles. The zero-order chi connectivity index (χ0) is 19.0. The van der Waals surface area contributed by atoms with Crippen LogP contribution in [0.15, 0.2) is 24.3 Å². The van der Waals surface area contributed by atoms with Gasteiger partial charge in [-0.3, -0.25) is 24.1 Å². The second-order valence-electron chi connectivity index (χ2n) is 7.52. The normalized spacial score (nSPS) is 22.0. The van der Waals surface area contributed by atoms with Crippen molar-refractivity contribution in [1.82, 2.24) is 15.1 Å². The third-order valence-corrected chi connectivity index (χ3v) is 5.50. The van der Waals surface area contributed by atoms with Crippen molar-refractivity contribution in [3.8, 4) is 0 Å². The molecule has 0 radical (unpaired) electrons. The number of rotatable bonds is 5. The number of benzene rings is 1. The smallest absolute Gasteiger partial charge is 0.261 e. The Morgan fingerprint density at radius 2 is 1.70 bits per heavy atom. The van der Waals surface area contributed by atoms with Crippen LogP contribution in [-0.4, -0.2) is 59.1 Å². The van der Waals surface area contributed by atoms with Gasteiger partial charge >= 0.3 is 0 Å². The number of carbonyl (C=O) groups is 4. The molecule has 0 spiro atoms. The summed E-state index contributed by atoms with van der Waals surface area (Å²) in [5, 5.41) is 3.01. The summed E-state index contributed by atoms with van der Waals surface area (Å²) in [4.78, 5) is 52.4. The third-order valence-electron chi connectivity index (χ3n) is 5.50. The van der Waals surface area contributed by atoms with Crippen LogP contribution in [0.5, 0.6) is 0 Å². The first kappa shape index (κ1) is 17.7. The lowest BCUT2D eigenvalue weighted by molar-refractivity contribution is -0.135. The van der Waals surface area contributed by atoms with Crippen molar-refractivity contribution in [2.24, 2.45) is 5.92 Å². The van der Waals surface area contributed by atoms with Crippen LogP contribution in [-0.2, 0) is 9.59 Å². The van der Waals surface area contributed by atoms with Gasteiger partial charge in [-0.25, -0.2) is 0 Å². The van der Waals surface area contributed by atoms with E-state index in [9.17, 15) is 19.2 Å². The third kappa shape index (κ3) is 3.59. The first-order valence-electron chi connectivity index (χ1n) is 9.58. The van der Waals surface area contributed by atoms with Crippen molar-refractivity contribution in [2.75, 3.05) is 19.6 Å². The number of likely N-dealkylation sites (tertiary alicyclic amines) is 1. The fourth-order valence-corrected chi connectivity index (χ4v) is 3.77. The van der Waals surface area contributed by atoms with Gasteiger partial charge in [-0.05, 0) is 37.8 Å². The lowest BCUT2D eigenvalue weighted by atomic mass is 9.97. The number of fused-ring (bicyclic) bond motifs is 1. The molecule has 27 heavy (non-hydrogen) atoms. The van der Waals surface area contributed by atoms with Crippen molar-refractivity contribution in [2.45, 2.75) is 38.1 Å². The van der Waals surface area contributed by atoms with E-state index in [0.29, 0.717) is 30.3 Å². The van der Waals surface area contributed by atoms with Crippen molar-refractivity contribution in [1.29, 1.82) is 0 Å². The summed E-state index contributed by atoms with van der Waals surface area (Å²) in [5.74, 6) is -0.930. The molecule has 2 heterocycles. The molecule has 1 atom stereocenters. The minimum absolute atomic E-state index is 0.0374. The molecule has 4 rings (SSSR count). The van der Waals surface area contributed by atoms with Gasteiger partial charge in [0.1, 0.15) is 0 Å². The molecule has 1 saturated heterocycles. The van der Waals surface area contributed by atoms with Gasteiger partial charge in [0.2, 0.25) is 11.8 Å². The van der Waals surface area contributed by atoms with E-state index in [0.717, 1.165) is 30.6 Å².